The van der Waals surface area contributed by atoms with Crippen molar-refractivity contribution in [2.24, 2.45) is 5.92 Å². The number of hydrogen-bond donors (Lipinski definition) is 1. The summed E-state index contributed by atoms with van der Waals surface area (Å²) in [4.78, 5) is 10.4. The van der Waals surface area contributed by atoms with Crippen molar-refractivity contribution in [3.8, 4) is 78.6 Å². The number of phenols is 1. The third kappa shape index (κ3) is 9.35. The van der Waals surface area contributed by atoms with Crippen LogP contribution in [0.15, 0.2) is 164 Å². The van der Waals surface area contributed by atoms with Crippen LogP contribution in [0, 0.1) is 18.9 Å². The van der Waals surface area contributed by atoms with E-state index in [0.717, 1.165) is 62.1 Å². The van der Waals surface area contributed by atoms with Crippen LogP contribution in [0.25, 0.3) is 83.9 Å². The summed E-state index contributed by atoms with van der Waals surface area (Å²) in [7, 11) is 0. The van der Waals surface area contributed by atoms with E-state index >= 15 is 0 Å². The van der Waals surface area contributed by atoms with Gasteiger partial charge < -0.3 is 5.11 Å². The molecule has 0 saturated carbocycles. The van der Waals surface area contributed by atoms with E-state index < -0.39 is 26.0 Å². The molecular weight excluding hydrogens is 986 g/mol. The molecule has 0 aliphatic carbocycles. The monoisotopic (exact) mass is 1050 g/mol. The molecule has 0 amide bonds. The Labute approximate surface area is 418 Å². The van der Waals surface area contributed by atoms with Gasteiger partial charge in [-0.05, 0) is 99.4 Å². The number of fused-ring (bicyclic) bond motifs is 1. The first-order chi connectivity index (χ1) is 34.9. The predicted molar refractivity (Wildman–Crippen MR) is 273 cm³/mol. The van der Waals surface area contributed by atoms with Gasteiger partial charge in [-0.25, -0.2) is 4.98 Å². The normalized spacial score (nSPS) is 14.4. The van der Waals surface area contributed by atoms with Crippen molar-refractivity contribution in [3.63, 3.8) is 0 Å². The van der Waals surface area contributed by atoms with Gasteiger partial charge in [-0.2, -0.15) is 0 Å². The third-order valence-corrected chi connectivity index (χ3v) is 12.0. The fourth-order valence-corrected chi connectivity index (χ4v) is 8.81. The molecule has 0 unspecified atom stereocenters. The van der Waals surface area contributed by atoms with E-state index in [2.05, 4.69) is 87.7 Å². The SMILES string of the molecule is [2H]C([2H])([2H])C(c1ccc(-c2ccnc(-c3[c-]c(-c4cccc5c4nc(-c4cc(C)cc(C(C)(C)C)c4O)n5-c4ccc(CC(C)C)cc4-c4ccccc4)cc(-c4ccccc4)c3)c2)cc1)(C([2H])([2H])[2H])C([2H])([2H])[2H].[Pt]. The first-order valence-corrected chi connectivity index (χ1v) is 22.1. The van der Waals surface area contributed by atoms with Crippen LogP contribution in [-0.4, -0.2) is 19.6 Å². The zero-order valence-electron chi connectivity index (χ0n) is 47.0. The van der Waals surface area contributed by atoms with Gasteiger partial charge in [0.15, 0.2) is 0 Å². The Morgan fingerprint density at radius 2 is 1.32 bits per heavy atom. The molecule has 9 aromatic rings. The Kier molecular flexibility index (Phi) is 10.0. The number of pyridine rings is 1. The average molecular weight is 1050 g/mol. The molecule has 0 bridgehead atoms. The predicted octanol–water partition coefficient (Wildman–Crippen LogP) is 16.0. The maximum Gasteiger partial charge on any atom is 0.148 e. The quantitative estimate of drug-likeness (QED) is 0.147. The summed E-state index contributed by atoms with van der Waals surface area (Å²) < 4.78 is 76.1. The van der Waals surface area contributed by atoms with Crippen molar-refractivity contribution in [3.05, 3.63) is 192 Å². The van der Waals surface area contributed by atoms with E-state index in [1.54, 1.807) is 24.4 Å². The molecule has 0 spiro atoms. The Morgan fingerprint density at radius 3 is 2.00 bits per heavy atom. The van der Waals surface area contributed by atoms with Gasteiger partial charge in [-0.15, -0.1) is 23.8 Å². The van der Waals surface area contributed by atoms with Crippen molar-refractivity contribution < 1.29 is 38.5 Å². The summed E-state index contributed by atoms with van der Waals surface area (Å²) in [5.74, 6) is 1.20. The van der Waals surface area contributed by atoms with Gasteiger partial charge in [0.25, 0.3) is 0 Å². The fraction of sp³-hybridized carbons (Fsp3) is 0.213. The number of para-hydroxylation sites is 1. The molecule has 2 heterocycles. The van der Waals surface area contributed by atoms with Crippen molar-refractivity contribution in [1.29, 1.82) is 0 Å². The molecule has 66 heavy (non-hydrogen) atoms. The van der Waals surface area contributed by atoms with Crippen LogP contribution in [0.4, 0.5) is 0 Å². The minimum absolute atomic E-state index is 0. The summed E-state index contributed by atoms with van der Waals surface area (Å²) in [6.45, 7) is 2.64. The largest absolute Gasteiger partial charge is 0.507 e. The Bertz CT molecular complexity index is 3490. The number of aryl methyl sites for hydroxylation is 1. The van der Waals surface area contributed by atoms with Crippen molar-refractivity contribution in [1.82, 2.24) is 14.5 Å². The van der Waals surface area contributed by atoms with E-state index in [1.807, 2.05) is 91.9 Å². The maximum absolute atomic E-state index is 12.4. The van der Waals surface area contributed by atoms with Crippen LogP contribution in [0.1, 0.15) is 89.8 Å². The van der Waals surface area contributed by atoms with Gasteiger partial charge in [0.05, 0.1) is 22.3 Å². The van der Waals surface area contributed by atoms with Crippen LogP contribution in [0.3, 0.4) is 0 Å². The number of aromatic nitrogens is 3. The molecule has 9 rings (SSSR count). The molecule has 4 nitrogen and oxygen atoms in total. The minimum atomic E-state index is -3.38. The Hall–Kier alpha value is -6.35. The zero-order chi connectivity index (χ0) is 53.1. The molecule has 0 radical (unpaired) electrons. The standard InChI is InChI=1S/C61H58N3O.Pt/c1-39(2)31-41-23-28-55(51(34-41)44-19-14-11-15-20-44)64-56-22-16-21-50(57(56)63-59(64)52-32-40(3)33-53(58(52)65)61(7,8)9)47-35-46(42-17-12-10-13-18-42)36-48(37-47)54-38-45(29-30-62-54)43-24-26-49(27-25-43)60(4,5)6;/h10-30,32-36,38-39,65H,31H2,1-9H3;/q-1;/i4D3,5D3,6D3;. The van der Waals surface area contributed by atoms with Crippen molar-refractivity contribution in [2.45, 2.75) is 79.3 Å². The van der Waals surface area contributed by atoms with Gasteiger partial charge in [-0.1, -0.05) is 187 Å². The molecule has 0 aliphatic heterocycles. The number of phenolic OH excluding ortho intramolecular Hbond substituents is 1. The second kappa shape index (κ2) is 18.5. The molecule has 0 saturated heterocycles. The molecule has 0 fully saturated rings. The number of rotatable bonds is 9. The van der Waals surface area contributed by atoms with Crippen molar-refractivity contribution >= 4 is 11.0 Å². The van der Waals surface area contributed by atoms with E-state index in [4.69, 9.17) is 22.3 Å². The molecule has 1 N–H and O–H groups in total. The second-order valence-corrected chi connectivity index (χ2v) is 18.5. The third-order valence-electron chi connectivity index (χ3n) is 12.0. The van der Waals surface area contributed by atoms with Crippen LogP contribution in [-0.2, 0) is 38.3 Å². The van der Waals surface area contributed by atoms with Crippen LogP contribution in [0.2, 0.25) is 0 Å². The topological polar surface area (TPSA) is 50.9 Å². The molecule has 334 valence electrons. The molecule has 7 aromatic carbocycles. The Morgan fingerprint density at radius 1 is 0.636 bits per heavy atom. The first-order valence-electron chi connectivity index (χ1n) is 26.6. The fourth-order valence-electron chi connectivity index (χ4n) is 8.81. The smallest absolute Gasteiger partial charge is 0.148 e. The molecule has 0 atom stereocenters. The van der Waals surface area contributed by atoms with Crippen LogP contribution >= 0.6 is 0 Å². The number of nitrogens with zero attached hydrogens (tertiary/aromatic N) is 3. The number of benzene rings is 7. The number of hydrogen-bond acceptors (Lipinski definition) is 3. The summed E-state index contributed by atoms with van der Waals surface area (Å²) >= 11 is 0. The van der Waals surface area contributed by atoms with Gasteiger partial charge in [0.2, 0.25) is 0 Å². The van der Waals surface area contributed by atoms with Gasteiger partial charge in [0.1, 0.15) is 11.6 Å². The summed E-state index contributed by atoms with van der Waals surface area (Å²) in [5, 5.41) is 12.4. The molecule has 0 aliphatic rings. The summed E-state index contributed by atoms with van der Waals surface area (Å²) in [6, 6.07) is 54.4. The van der Waals surface area contributed by atoms with Crippen molar-refractivity contribution in [2.75, 3.05) is 0 Å². The van der Waals surface area contributed by atoms with E-state index in [9.17, 15) is 5.11 Å². The van der Waals surface area contributed by atoms with E-state index in [-0.39, 0.29) is 37.8 Å². The van der Waals surface area contributed by atoms with E-state index in [0.29, 0.717) is 45.2 Å². The first kappa shape index (κ1) is 35.9. The Balaban J connectivity index is 0.00000747. The number of imidazole rings is 1. The second-order valence-electron chi connectivity index (χ2n) is 18.5. The van der Waals surface area contributed by atoms with Gasteiger partial charge in [-0.3, -0.25) is 9.55 Å². The molecule has 2 aromatic heterocycles. The molecule has 5 heteroatoms. The van der Waals surface area contributed by atoms with E-state index in [1.165, 1.54) is 17.7 Å². The zero-order valence-corrected chi connectivity index (χ0v) is 40.3. The summed E-state index contributed by atoms with van der Waals surface area (Å²) in [5.41, 5.74) is 10.3. The average Bonchev–Trinajstić information content (AvgIpc) is 3.73. The maximum atomic E-state index is 12.4. The van der Waals surface area contributed by atoms with Crippen LogP contribution in [0.5, 0.6) is 5.75 Å². The molecular formula is C61H58N3OPt-. The van der Waals surface area contributed by atoms with Gasteiger partial charge >= 0.3 is 0 Å². The summed E-state index contributed by atoms with van der Waals surface area (Å²) in [6.07, 6.45) is 2.56. The minimum Gasteiger partial charge on any atom is -0.507 e. The number of aromatic hydroxyl groups is 1. The van der Waals surface area contributed by atoms with Gasteiger partial charge in [0, 0.05) is 56.4 Å². The van der Waals surface area contributed by atoms with Crippen LogP contribution < -0.4 is 0 Å².